The fourth-order valence-electron chi connectivity index (χ4n) is 4.71. The van der Waals surface area contributed by atoms with Crippen molar-refractivity contribution >= 4 is 5.97 Å². The normalized spacial score (nSPS) is 22.4. The lowest BCUT2D eigenvalue weighted by Crippen LogP contribution is -2.44. The molecule has 0 atom stereocenters. The predicted octanol–water partition coefficient (Wildman–Crippen LogP) is 3.74. The average molecular weight is 377 g/mol. The minimum Gasteiger partial charge on any atom is -0.489 e. The summed E-state index contributed by atoms with van der Waals surface area (Å²) in [6.45, 7) is 2.70. The van der Waals surface area contributed by atoms with Crippen LogP contribution < -0.4 is 9.47 Å². The van der Waals surface area contributed by atoms with Gasteiger partial charge in [-0.3, -0.25) is 4.79 Å². The Labute approximate surface area is 159 Å². The third-order valence-corrected chi connectivity index (χ3v) is 6.43. The van der Waals surface area contributed by atoms with Crippen molar-refractivity contribution in [3.63, 3.8) is 0 Å². The van der Waals surface area contributed by atoms with E-state index in [1.54, 1.807) is 6.07 Å². The molecule has 2 fully saturated rings. The Morgan fingerprint density at radius 1 is 1.26 bits per heavy atom. The van der Waals surface area contributed by atoms with E-state index in [2.05, 4.69) is 4.90 Å². The largest absolute Gasteiger partial charge is 0.489 e. The lowest BCUT2D eigenvalue weighted by atomic mass is 9.74. The quantitative estimate of drug-likeness (QED) is 0.847. The molecule has 0 aromatic heterocycles. The number of hydrogen-bond donors (Lipinski definition) is 1. The van der Waals surface area contributed by atoms with Crippen molar-refractivity contribution in [3.05, 3.63) is 23.5 Å². The summed E-state index contributed by atoms with van der Waals surface area (Å²) in [5.74, 6) is -0.445. The Balaban J connectivity index is 1.45. The van der Waals surface area contributed by atoms with Crippen LogP contribution in [0.1, 0.15) is 56.9 Å². The Kier molecular flexibility index (Phi) is 5.26. The second-order valence-corrected chi connectivity index (χ2v) is 8.19. The van der Waals surface area contributed by atoms with Gasteiger partial charge in [0, 0.05) is 17.5 Å². The zero-order chi connectivity index (χ0) is 18.9. The number of halogens is 1. The van der Waals surface area contributed by atoms with Crippen molar-refractivity contribution < 1.29 is 23.8 Å². The van der Waals surface area contributed by atoms with Crippen LogP contribution in [0.3, 0.4) is 0 Å². The third kappa shape index (κ3) is 3.77. The molecule has 0 amide bonds. The van der Waals surface area contributed by atoms with Crippen LogP contribution in [0, 0.1) is 5.82 Å². The minimum absolute atomic E-state index is 0.110. The molecule has 1 saturated heterocycles. The zero-order valence-corrected chi connectivity index (χ0v) is 15.7. The van der Waals surface area contributed by atoms with Gasteiger partial charge in [0.05, 0.1) is 19.1 Å². The van der Waals surface area contributed by atoms with E-state index in [-0.39, 0.29) is 23.8 Å². The molecule has 0 radical (unpaired) electrons. The molecule has 1 saturated carbocycles. The van der Waals surface area contributed by atoms with Crippen LogP contribution in [0.5, 0.6) is 11.5 Å². The van der Waals surface area contributed by atoms with Crippen LogP contribution in [0.25, 0.3) is 0 Å². The van der Waals surface area contributed by atoms with Crippen LogP contribution in [0.2, 0.25) is 0 Å². The van der Waals surface area contributed by atoms with Crippen LogP contribution in [-0.2, 0) is 10.2 Å². The summed E-state index contributed by atoms with van der Waals surface area (Å²) in [4.78, 5) is 12.9. The number of fused-ring (bicyclic) bond motifs is 2. The second kappa shape index (κ2) is 7.66. The van der Waals surface area contributed by atoms with E-state index in [0.29, 0.717) is 24.7 Å². The molecule has 6 heteroatoms. The van der Waals surface area contributed by atoms with Crippen molar-refractivity contribution in [2.45, 2.75) is 62.9 Å². The number of rotatable bonds is 5. The topological polar surface area (TPSA) is 59.0 Å². The summed E-state index contributed by atoms with van der Waals surface area (Å²) < 4.78 is 26.8. The van der Waals surface area contributed by atoms with E-state index in [9.17, 15) is 4.79 Å². The molecule has 1 spiro atoms. The van der Waals surface area contributed by atoms with E-state index in [1.807, 2.05) is 6.07 Å². The van der Waals surface area contributed by atoms with E-state index in [1.165, 1.54) is 6.42 Å². The van der Waals surface area contributed by atoms with E-state index >= 15 is 4.39 Å². The molecular formula is C21H28FNO4. The van der Waals surface area contributed by atoms with Crippen LogP contribution in [0.15, 0.2) is 12.1 Å². The molecule has 1 aliphatic carbocycles. The van der Waals surface area contributed by atoms with Gasteiger partial charge in [0.25, 0.3) is 0 Å². The molecular weight excluding hydrogens is 349 g/mol. The molecule has 148 valence electrons. The molecule has 27 heavy (non-hydrogen) atoms. The maximum atomic E-state index is 15.0. The molecule has 2 aliphatic heterocycles. The number of benzene rings is 1. The van der Waals surface area contributed by atoms with Gasteiger partial charge in [-0.15, -0.1) is 0 Å². The molecule has 4 rings (SSSR count). The van der Waals surface area contributed by atoms with Gasteiger partial charge in [-0.05, 0) is 57.7 Å². The van der Waals surface area contributed by atoms with Gasteiger partial charge in [0.1, 0.15) is 0 Å². The van der Waals surface area contributed by atoms with E-state index in [0.717, 1.165) is 57.2 Å². The van der Waals surface area contributed by atoms with Crippen molar-refractivity contribution in [2.75, 3.05) is 26.2 Å². The van der Waals surface area contributed by atoms with Crippen molar-refractivity contribution in [1.82, 2.24) is 4.90 Å². The first-order valence-corrected chi connectivity index (χ1v) is 10.1. The van der Waals surface area contributed by atoms with Gasteiger partial charge in [0.2, 0.25) is 5.82 Å². The van der Waals surface area contributed by atoms with Crippen molar-refractivity contribution in [3.8, 4) is 11.5 Å². The minimum atomic E-state index is -0.766. The summed E-state index contributed by atoms with van der Waals surface area (Å²) >= 11 is 0. The van der Waals surface area contributed by atoms with Crippen molar-refractivity contribution in [2.24, 2.45) is 0 Å². The molecule has 2 heterocycles. The predicted molar refractivity (Wildman–Crippen MR) is 99.0 cm³/mol. The first-order valence-electron chi connectivity index (χ1n) is 10.1. The number of carboxylic acid groups (broad SMARTS) is 1. The molecule has 5 nitrogen and oxygen atoms in total. The highest BCUT2D eigenvalue weighted by Gasteiger charge is 2.44. The molecule has 1 N–H and O–H groups in total. The second-order valence-electron chi connectivity index (χ2n) is 8.19. The third-order valence-electron chi connectivity index (χ3n) is 6.43. The molecule has 3 aliphatic rings. The molecule has 1 aromatic carbocycles. The fraction of sp³-hybridized carbons (Fsp3) is 0.667. The van der Waals surface area contributed by atoms with Gasteiger partial charge < -0.3 is 19.5 Å². The van der Waals surface area contributed by atoms with Gasteiger partial charge in [-0.1, -0.05) is 12.5 Å². The Bertz CT molecular complexity index is 694. The number of carboxylic acids is 1. The summed E-state index contributed by atoms with van der Waals surface area (Å²) in [6.07, 6.45) is 7.52. The van der Waals surface area contributed by atoms with Gasteiger partial charge >= 0.3 is 5.97 Å². The fourth-order valence-corrected chi connectivity index (χ4v) is 4.71. The Morgan fingerprint density at radius 2 is 2.00 bits per heavy atom. The highest BCUT2D eigenvalue weighted by atomic mass is 19.1. The number of ether oxygens (including phenoxy) is 2. The van der Waals surface area contributed by atoms with Gasteiger partial charge in [-0.25, -0.2) is 0 Å². The monoisotopic (exact) mass is 377 g/mol. The number of nitrogens with zero attached hydrogens (tertiary/aromatic N) is 1. The number of piperidine rings is 1. The number of carbonyl (C=O) groups is 1. The smallest absolute Gasteiger partial charge is 0.304 e. The standard InChI is InChI=1S/C21H28FNO4/c22-19-17(27-15-4-2-1-3-5-15)7-6-16-20(19)26-14-21(16)9-12-23(13-10-21)11-8-18(24)25/h6-7,15H,1-5,8-14H2,(H,24,25). The highest BCUT2D eigenvalue weighted by Crippen LogP contribution is 2.48. The Morgan fingerprint density at radius 3 is 2.70 bits per heavy atom. The SMILES string of the molecule is O=C(O)CCN1CCC2(CC1)COc1c2ccc(OC2CCCCC2)c1F. The highest BCUT2D eigenvalue weighted by molar-refractivity contribution is 5.66. The summed E-state index contributed by atoms with van der Waals surface area (Å²) in [5, 5.41) is 8.85. The molecule has 0 bridgehead atoms. The number of hydrogen-bond acceptors (Lipinski definition) is 4. The molecule has 1 aromatic rings. The van der Waals surface area contributed by atoms with Crippen molar-refractivity contribution in [1.29, 1.82) is 0 Å². The van der Waals surface area contributed by atoms with Crippen LogP contribution in [0.4, 0.5) is 4.39 Å². The number of likely N-dealkylation sites (tertiary alicyclic amines) is 1. The van der Waals surface area contributed by atoms with E-state index < -0.39 is 5.97 Å². The zero-order valence-electron chi connectivity index (χ0n) is 15.7. The first kappa shape index (κ1) is 18.5. The lowest BCUT2D eigenvalue weighted by Gasteiger charge is -2.38. The summed E-state index contributed by atoms with van der Waals surface area (Å²) in [6, 6.07) is 3.76. The lowest BCUT2D eigenvalue weighted by molar-refractivity contribution is -0.137. The molecule has 0 unspecified atom stereocenters. The van der Waals surface area contributed by atoms with E-state index in [4.69, 9.17) is 14.6 Å². The van der Waals surface area contributed by atoms with Gasteiger partial charge in [0.15, 0.2) is 11.5 Å². The summed E-state index contributed by atoms with van der Waals surface area (Å²) in [7, 11) is 0. The summed E-state index contributed by atoms with van der Waals surface area (Å²) in [5.41, 5.74) is 0.799. The maximum absolute atomic E-state index is 15.0. The van der Waals surface area contributed by atoms with Crippen LogP contribution >= 0.6 is 0 Å². The first-order chi connectivity index (χ1) is 13.1. The number of aliphatic carboxylic acids is 1. The van der Waals surface area contributed by atoms with Gasteiger partial charge in [-0.2, -0.15) is 4.39 Å². The average Bonchev–Trinajstić information content (AvgIpc) is 3.03. The van der Waals surface area contributed by atoms with Crippen LogP contribution in [-0.4, -0.2) is 48.3 Å². The maximum Gasteiger partial charge on any atom is 0.304 e. The Hall–Kier alpha value is -1.82.